The van der Waals surface area contributed by atoms with Crippen molar-refractivity contribution in [3.8, 4) is 0 Å². The van der Waals surface area contributed by atoms with Crippen molar-refractivity contribution in [2.75, 3.05) is 31.3 Å². The molecule has 1 aromatic rings. The van der Waals surface area contributed by atoms with E-state index in [0.717, 1.165) is 24.2 Å². The van der Waals surface area contributed by atoms with Gasteiger partial charge in [0.05, 0.1) is 0 Å². The van der Waals surface area contributed by atoms with Crippen molar-refractivity contribution < 1.29 is 0 Å². The van der Waals surface area contributed by atoms with Gasteiger partial charge in [-0.15, -0.1) is 0 Å². The van der Waals surface area contributed by atoms with Crippen molar-refractivity contribution in [2.45, 2.75) is 31.8 Å². The van der Waals surface area contributed by atoms with E-state index in [9.17, 15) is 0 Å². The minimum absolute atomic E-state index is 0.524. The van der Waals surface area contributed by atoms with Gasteiger partial charge in [0, 0.05) is 31.7 Å². The Hall–Kier alpha value is -1.36. The van der Waals surface area contributed by atoms with Crippen LogP contribution in [0.25, 0.3) is 0 Å². The highest BCUT2D eigenvalue weighted by Crippen LogP contribution is 2.26. The topological polar surface area (TPSA) is 53.1 Å². The zero-order valence-electron chi connectivity index (χ0n) is 10.8. The van der Waals surface area contributed by atoms with Crippen LogP contribution in [0.15, 0.2) is 12.4 Å². The first kappa shape index (κ1) is 12.1. The molecule has 0 radical (unpaired) electrons. The second-order valence-electron chi connectivity index (χ2n) is 4.67. The molecular weight excluding hydrogens is 214 g/mol. The van der Waals surface area contributed by atoms with Crippen LogP contribution in [-0.2, 0) is 0 Å². The molecule has 0 aromatic carbocycles. The number of nitrogens with zero attached hydrogens (tertiary/aromatic N) is 3. The third-order valence-corrected chi connectivity index (χ3v) is 3.32. The Bertz CT molecular complexity index is 364. The van der Waals surface area contributed by atoms with Gasteiger partial charge in [-0.2, -0.15) is 0 Å². The molecule has 1 fully saturated rings. The van der Waals surface area contributed by atoms with Gasteiger partial charge in [-0.1, -0.05) is 0 Å². The van der Waals surface area contributed by atoms with Gasteiger partial charge in [-0.05, 0) is 26.8 Å². The van der Waals surface area contributed by atoms with Gasteiger partial charge in [-0.3, -0.25) is 4.90 Å². The second-order valence-corrected chi connectivity index (χ2v) is 4.67. The Morgan fingerprint density at radius 2 is 2.12 bits per heavy atom. The van der Waals surface area contributed by atoms with E-state index in [1.165, 1.54) is 12.8 Å². The fourth-order valence-electron chi connectivity index (χ4n) is 1.83. The summed E-state index contributed by atoms with van der Waals surface area (Å²) < 4.78 is 0. The fourth-order valence-corrected chi connectivity index (χ4v) is 1.83. The van der Waals surface area contributed by atoms with Gasteiger partial charge in [0.2, 0.25) is 0 Å². The Morgan fingerprint density at radius 3 is 2.76 bits per heavy atom. The highest BCUT2D eigenvalue weighted by atomic mass is 15.2. The Kier molecular flexibility index (Phi) is 3.78. The lowest BCUT2D eigenvalue weighted by Gasteiger charge is -2.24. The minimum Gasteiger partial charge on any atom is -0.373 e. The molecule has 1 saturated carbocycles. The Balaban J connectivity index is 1.83. The highest BCUT2D eigenvalue weighted by Gasteiger charge is 2.28. The van der Waals surface area contributed by atoms with Crippen LogP contribution in [0.5, 0.6) is 0 Å². The van der Waals surface area contributed by atoms with Crippen molar-refractivity contribution in [1.82, 2.24) is 14.9 Å². The lowest BCUT2D eigenvalue weighted by molar-refractivity contribution is 0.257. The van der Waals surface area contributed by atoms with E-state index in [0.29, 0.717) is 6.04 Å². The average Bonchev–Trinajstić information content (AvgIpc) is 3.19. The fraction of sp³-hybridized carbons (Fsp3) is 0.667. The van der Waals surface area contributed by atoms with Crippen LogP contribution in [0.1, 0.15) is 19.8 Å². The normalized spacial score (nSPS) is 16.9. The van der Waals surface area contributed by atoms with Crippen LogP contribution >= 0.6 is 0 Å². The number of nitrogens with one attached hydrogen (secondary N) is 2. The predicted octanol–water partition coefficient (Wildman–Crippen LogP) is 1.41. The monoisotopic (exact) mass is 235 g/mol. The van der Waals surface area contributed by atoms with E-state index in [1.54, 1.807) is 6.33 Å². The summed E-state index contributed by atoms with van der Waals surface area (Å²) in [6, 6.07) is 3.24. The SMILES string of the molecule is CNc1cc(NCC(C)N(C)C2CC2)ncn1. The van der Waals surface area contributed by atoms with E-state index in [1.807, 2.05) is 13.1 Å². The van der Waals surface area contributed by atoms with Crippen LogP contribution in [0.2, 0.25) is 0 Å². The summed E-state index contributed by atoms with van der Waals surface area (Å²) in [5.41, 5.74) is 0. The Morgan fingerprint density at radius 1 is 1.41 bits per heavy atom. The van der Waals surface area contributed by atoms with Gasteiger partial charge in [0.15, 0.2) is 0 Å². The number of rotatable bonds is 6. The number of likely N-dealkylation sites (N-methyl/N-ethyl adjacent to an activating group) is 1. The maximum absolute atomic E-state index is 4.20. The first-order chi connectivity index (χ1) is 8.20. The molecular formula is C12H21N5. The number of hydrogen-bond donors (Lipinski definition) is 2. The van der Waals surface area contributed by atoms with Crippen molar-refractivity contribution in [2.24, 2.45) is 0 Å². The quantitative estimate of drug-likeness (QED) is 0.781. The molecule has 0 spiro atoms. The molecule has 1 heterocycles. The molecule has 0 aliphatic heterocycles. The molecule has 1 unspecified atom stereocenters. The predicted molar refractivity (Wildman–Crippen MR) is 70.3 cm³/mol. The number of aromatic nitrogens is 2. The lowest BCUT2D eigenvalue weighted by Crippen LogP contribution is -2.36. The molecule has 1 aliphatic carbocycles. The second kappa shape index (κ2) is 5.31. The lowest BCUT2D eigenvalue weighted by atomic mass is 10.3. The van der Waals surface area contributed by atoms with Gasteiger partial charge >= 0.3 is 0 Å². The summed E-state index contributed by atoms with van der Waals surface area (Å²) in [4.78, 5) is 10.7. The van der Waals surface area contributed by atoms with E-state index in [4.69, 9.17) is 0 Å². The smallest absolute Gasteiger partial charge is 0.131 e. The van der Waals surface area contributed by atoms with Gasteiger partial charge in [0.1, 0.15) is 18.0 Å². The maximum Gasteiger partial charge on any atom is 0.131 e. The summed E-state index contributed by atoms with van der Waals surface area (Å²) in [6.07, 6.45) is 4.26. The summed E-state index contributed by atoms with van der Waals surface area (Å²) >= 11 is 0. The van der Waals surface area contributed by atoms with Gasteiger partial charge < -0.3 is 10.6 Å². The molecule has 1 aliphatic rings. The molecule has 94 valence electrons. The largest absolute Gasteiger partial charge is 0.373 e. The summed E-state index contributed by atoms with van der Waals surface area (Å²) in [7, 11) is 4.05. The summed E-state index contributed by atoms with van der Waals surface area (Å²) in [6.45, 7) is 3.15. The molecule has 2 rings (SSSR count). The number of anilines is 2. The van der Waals surface area contributed by atoms with Crippen LogP contribution < -0.4 is 10.6 Å². The molecule has 1 atom stereocenters. The van der Waals surface area contributed by atoms with Crippen molar-refractivity contribution >= 4 is 11.6 Å². The number of hydrogen-bond acceptors (Lipinski definition) is 5. The molecule has 0 bridgehead atoms. The zero-order chi connectivity index (χ0) is 12.3. The van der Waals surface area contributed by atoms with Gasteiger partial charge in [-0.25, -0.2) is 9.97 Å². The van der Waals surface area contributed by atoms with Crippen LogP contribution in [-0.4, -0.2) is 47.6 Å². The minimum atomic E-state index is 0.524. The van der Waals surface area contributed by atoms with Crippen LogP contribution in [0.4, 0.5) is 11.6 Å². The van der Waals surface area contributed by atoms with Crippen molar-refractivity contribution in [3.63, 3.8) is 0 Å². The first-order valence-electron chi connectivity index (χ1n) is 6.16. The molecule has 17 heavy (non-hydrogen) atoms. The molecule has 0 saturated heterocycles. The third-order valence-electron chi connectivity index (χ3n) is 3.32. The molecule has 1 aromatic heterocycles. The summed E-state index contributed by atoms with van der Waals surface area (Å²) in [5.74, 6) is 1.71. The zero-order valence-corrected chi connectivity index (χ0v) is 10.8. The van der Waals surface area contributed by atoms with Gasteiger partial charge in [0.25, 0.3) is 0 Å². The third kappa shape index (κ3) is 3.30. The maximum atomic E-state index is 4.20. The van der Waals surface area contributed by atoms with Crippen LogP contribution in [0.3, 0.4) is 0 Å². The Labute approximate surface area is 103 Å². The van der Waals surface area contributed by atoms with Crippen molar-refractivity contribution in [3.05, 3.63) is 12.4 Å². The van der Waals surface area contributed by atoms with E-state index in [-0.39, 0.29) is 0 Å². The van der Waals surface area contributed by atoms with E-state index < -0.39 is 0 Å². The summed E-state index contributed by atoms with van der Waals surface area (Å²) in [5, 5.41) is 6.35. The molecule has 5 heteroatoms. The standard InChI is InChI=1S/C12H21N5/c1-9(17(3)10-4-5-10)7-14-12-6-11(13-2)15-8-16-12/h6,8-10H,4-5,7H2,1-3H3,(H2,13,14,15,16). The van der Waals surface area contributed by atoms with Crippen LogP contribution in [0, 0.1) is 0 Å². The van der Waals surface area contributed by atoms with E-state index in [2.05, 4.69) is 39.5 Å². The molecule has 5 nitrogen and oxygen atoms in total. The van der Waals surface area contributed by atoms with Crippen molar-refractivity contribution in [1.29, 1.82) is 0 Å². The van der Waals surface area contributed by atoms with E-state index >= 15 is 0 Å². The average molecular weight is 235 g/mol. The molecule has 2 N–H and O–H groups in total. The molecule has 0 amide bonds. The highest BCUT2D eigenvalue weighted by molar-refractivity contribution is 5.45. The first-order valence-corrected chi connectivity index (χ1v) is 6.16.